The van der Waals surface area contributed by atoms with E-state index in [1.54, 1.807) is 48.5 Å². The molecule has 0 saturated carbocycles. The number of amides is 2. The molecule has 2 N–H and O–H groups in total. The number of halogens is 2. The molecule has 10 heteroatoms. The van der Waals surface area contributed by atoms with Gasteiger partial charge in [0.1, 0.15) is 11.5 Å². The number of carbonyl (C=O) groups excluding carboxylic acids is 3. The molecular weight excluding hydrogens is 505 g/mol. The molecule has 0 aliphatic heterocycles. The van der Waals surface area contributed by atoms with Gasteiger partial charge in [0.05, 0.1) is 28.4 Å². The van der Waals surface area contributed by atoms with Crippen LogP contribution in [-0.2, 0) is 9.59 Å². The Hall–Kier alpha value is -3.88. The highest BCUT2D eigenvalue weighted by molar-refractivity contribution is 6.43. The maximum absolute atomic E-state index is 12.4. The molecule has 2 amide bonds. The summed E-state index contributed by atoms with van der Waals surface area (Å²) in [5.41, 5.74) is 3.44. The number of hydrogen-bond donors (Lipinski definition) is 2. The normalized spacial score (nSPS) is 10.6. The first-order valence-corrected chi connectivity index (χ1v) is 11.8. The van der Waals surface area contributed by atoms with E-state index in [1.807, 2.05) is 0 Å². The molecule has 0 atom stereocenters. The Morgan fingerprint density at radius 3 is 2.25 bits per heavy atom. The Bertz CT molecular complexity index is 1250. The molecule has 0 bridgehead atoms. The number of ether oxygens (including phenoxy) is 2. The van der Waals surface area contributed by atoms with Crippen LogP contribution in [0.1, 0.15) is 35.7 Å². The van der Waals surface area contributed by atoms with Gasteiger partial charge in [0.15, 0.2) is 0 Å². The van der Waals surface area contributed by atoms with Crippen molar-refractivity contribution in [3.05, 3.63) is 87.9 Å². The number of carbonyl (C=O) groups is 3. The molecule has 3 aromatic rings. The summed E-state index contributed by atoms with van der Waals surface area (Å²) in [7, 11) is 0. The number of esters is 1. The summed E-state index contributed by atoms with van der Waals surface area (Å²) in [5.74, 6) is -1.36. The summed E-state index contributed by atoms with van der Waals surface area (Å²) in [6.07, 6.45) is 3.35. The number of hydrazone groups is 1. The molecule has 36 heavy (non-hydrogen) atoms. The van der Waals surface area contributed by atoms with Crippen molar-refractivity contribution in [2.24, 2.45) is 5.10 Å². The van der Waals surface area contributed by atoms with Gasteiger partial charge in [0.25, 0.3) is 0 Å². The monoisotopic (exact) mass is 527 g/mol. The minimum atomic E-state index is -0.968. The quantitative estimate of drug-likeness (QED) is 0.0956. The van der Waals surface area contributed by atoms with Gasteiger partial charge in [-0.2, -0.15) is 5.10 Å². The Morgan fingerprint density at radius 2 is 1.58 bits per heavy atom. The third-order valence-corrected chi connectivity index (χ3v) is 5.45. The number of nitrogens with zero attached hydrogens (tertiary/aromatic N) is 1. The number of benzene rings is 3. The predicted octanol–water partition coefficient (Wildman–Crippen LogP) is 5.48. The van der Waals surface area contributed by atoms with E-state index >= 15 is 0 Å². The minimum absolute atomic E-state index is 0.243. The molecule has 0 fully saturated rings. The fourth-order valence-corrected chi connectivity index (χ4v) is 3.09. The maximum Gasteiger partial charge on any atom is 0.343 e. The van der Waals surface area contributed by atoms with Crippen LogP contribution < -0.4 is 20.2 Å². The molecule has 0 aliphatic carbocycles. The summed E-state index contributed by atoms with van der Waals surface area (Å²) in [6.45, 7) is 2.72. The van der Waals surface area contributed by atoms with E-state index < -0.39 is 17.8 Å². The average molecular weight is 528 g/mol. The Balaban J connectivity index is 1.47. The van der Waals surface area contributed by atoms with Crippen LogP contribution in [0.3, 0.4) is 0 Å². The highest BCUT2D eigenvalue weighted by Crippen LogP contribution is 2.25. The first-order valence-electron chi connectivity index (χ1n) is 11.0. The van der Waals surface area contributed by atoms with Crippen molar-refractivity contribution in [1.82, 2.24) is 5.43 Å². The second-order valence-corrected chi connectivity index (χ2v) is 8.28. The number of nitrogens with one attached hydrogen (secondary N) is 2. The van der Waals surface area contributed by atoms with E-state index in [4.69, 9.17) is 32.7 Å². The summed E-state index contributed by atoms with van der Waals surface area (Å²) in [6, 6.07) is 17.6. The molecule has 186 valence electrons. The van der Waals surface area contributed by atoms with Gasteiger partial charge in [0, 0.05) is 5.69 Å². The summed E-state index contributed by atoms with van der Waals surface area (Å²) >= 11 is 11.7. The zero-order chi connectivity index (χ0) is 25.9. The van der Waals surface area contributed by atoms with E-state index in [1.165, 1.54) is 24.4 Å². The molecule has 0 heterocycles. The Labute approximate surface area is 218 Å². The van der Waals surface area contributed by atoms with Crippen molar-refractivity contribution in [3.63, 3.8) is 0 Å². The molecule has 3 rings (SSSR count). The van der Waals surface area contributed by atoms with Crippen LogP contribution in [0.2, 0.25) is 10.0 Å². The number of rotatable bonds is 9. The lowest BCUT2D eigenvalue weighted by molar-refractivity contribution is -0.136. The Kier molecular flexibility index (Phi) is 9.85. The molecule has 0 aliphatic rings. The van der Waals surface area contributed by atoms with Crippen LogP contribution in [-0.4, -0.2) is 30.6 Å². The van der Waals surface area contributed by atoms with Crippen molar-refractivity contribution in [2.75, 3.05) is 11.9 Å². The van der Waals surface area contributed by atoms with Crippen molar-refractivity contribution in [3.8, 4) is 11.5 Å². The molecule has 0 spiro atoms. The number of unbranched alkanes of at least 4 members (excludes halogenated alkanes) is 1. The first-order chi connectivity index (χ1) is 17.4. The standard InChI is InChI=1S/C26H23Cl2N3O5/c1-2-3-14-35-20-11-6-18(7-12-20)26(34)36-21-9-4-17(5-10-21)16-29-31-25(33)24(32)30-19-8-13-22(27)23(28)15-19/h4-13,15-16H,2-3,14H2,1H3,(H,30,32)(H,31,33)/b29-16-. The van der Waals surface area contributed by atoms with Gasteiger partial charge in [-0.15, -0.1) is 0 Å². The molecule has 0 unspecified atom stereocenters. The van der Waals surface area contributed by atoms with Gasteiger partial charge in [0.2, 0.25) is 0 Å². The minimum Gasteiger partial charge on any atom is -0.494 e. The Morgan fingerprint density at radius 1 is 0.889 bits per heavy atom. The predicted molar refractivity (Wildman–Crippen MR) is 139 cm³/mol. The van der Waals surface area contributed by atoms with Crippen LogP contribution in [0, 0.1) is 0 Å². The van der Waals surface area contributed by atoms with Gasteiger partial charge in [-0.1, -0.05) is 36.5 Å². The molecule has 3 aromatic carbocycles. The zero-order valence-electron chi connectivity index (χ0n) is 19.3. The van der Waals surface area contributed by atoms with Crippen molar-refractivity contribution < 1.29 is 23.9 Å². The maximum atomic E-state index is 12.4. The van der Waals surface area contributed by atoms with Gasteiger partial charge >= 0.3 is 17.8 Å². The molecule has 0 aromatic heterocycles. The molecule has 0 saturated heterocycles. The van der Waals surface area contributed by atoms with Crippen molar-refractivity contribution >= 4 is 52.9 Å². The second kappa shape index (κ2) is 13.3. The fourth-order valence-electron chi connectivity index (χ4n) is 2.79. The van der Waals surface area contributed by atoms with Gasteiger partial charge in [-0.25, -0.2) is 10.2 Å². The molecule has 8 nitrogen and oxygen atoms in total. The third-order valence-electron chi connectivity index (χ3n) is 4.71. The summed E-state index contributed by atoms with van der Waals surface area (Å²) < 4.78 is 11.0. The van der Waals surface area contributed by atoms with E-state index in [-0.39, 0.29) is 5.02 Å². The van der Waals surface area contributed by atoms with E-state index in [0.717, 1.165) is 12.8 Å². The second-order valence-electron chi connectivity index (χ2n) is 7.47. The zero-order valence-corrected chi connectivity index (χ0v) is 20.8. The fraction of sp³-hybridized carbons (Fsp3) is 0.154. The highest BCUT2D eigenvalue weighted by atomic mass is 35.5. The van der Waals surface area contributed by atoms with Crippen LogP contribution in [0.15, 0.2) is 71.8 Å². The van der Waals surface area contributed by atoms with E-state index in [2.05, 4.69) is 22.8 Å². The average Bonchev–Trinajstić information content (AvgIpc) is 2.87. The van der Waals surface area contributed by atoms with E-state index in [0.29, 0.717) is 39.9 Å². The van der Waals surface area contributed by atoms with Gasteiger partial charge < -0.3 is 14.8 Å². The first kappa shape index (κ1) is 26.7. The van der Waals surface area contributed by atoms with Crippen LogP contribution >= 0.6 is 23.2 Å². The largest absolute Gasteiger partial charge is 0.494 e. The lowest BCUT2D eigenvalue weighted by Gasteiger charge is -2.07. The van der Waals surface area contributed by atoms with Gasteiger partial charge in [-0.3, -0.25) is 9.59 Å². The van der Waals surface area contributed by atoms with Gasteiger partial charge in [-0.05, 0) is 78.7 Å². The molecular formula is C26H23Cl2N3O5. The third kappa shape index (κ3) is 8.11. The summed E-state index contributed by atoms with van der Waals surface area (Å²) in [5, 5.41) is 6.71. The SMILES string of the molecule is CCCCOc1ccc(C(=O)Oc2ccc(/C=N\NC(=O)C(=O)Nc3ccc(Cl)c(Cl)c3)cc2)cc1. The van der Waals surface area contributed by atoms with Crippen LogP contribution in [0.5, 0.6) is 11.5 Å². The molecule has 0 radical (unpaired) electrons. The number of hydrogen-bond acceptors (Lipinski definition) is 6. The van der Waals surface area contributed by atoms with Crippen LogP contribution in [0.4, 0.5) is 5.69 Å². The highest BCUT2D eigenvalue weighted by Gasteiger charge is 2.13. The lowest BCUT2D eigenvalue weighted by Crippen LogP contribution is -2.32. The number of anilines is 1. The van der Waals surface area contributed by atoms with Crippen LogP contribution in [0.25, 0.3) is 0 Å². The van der Waals surface area contributed by atoms with E-state index in [9.17, 15) is 14.4 Å². The van der Waals surface area contributed by atoms with Crippen molar-refractivity contribution in [2.45, 2.75) is 19.8 Å². The van der Waals surface area contributed by atoms with Crippen molar-refractivity contribution in [1.29, 1.82) is 0 Å². The smallest absolute Gasteiger partial charge is 0.343 e. The summed E-state index contributed by atoms with van der Waals surface area (Å²) in [4.78, 5) is 36.2. The topological polar surface area (TPSA) is 106 Å². The lowest BCUT2D eigenvalue weighted by atomic mass is 10.2.